The second-order valence-electron chi connectivity index (χ2n) is 6.47. The van der Waals surface area contributed by atoms with Crippen molar-refractivity contribution in [3.05, 3.63) is 78.2 Å². The molecular formula is C22H21N3O4. The molecule has 1 heterocycles. The first kappa shape index (κ1) is 20.0. The zero-order chi connectivity index (χ0) is 20.8. The van der Waals surface area contributed by atoms with E-state index in [0.29, 0.717) is 29.6 Å². The molecule has 0 spiro atoms. The number of carbonyl (C=O) groups excluding carboxylic acids is 2. The fourth-order valence-corrected chi connectivity index (χ4v) is 2.77. The molecule has 0 N–H and O–H groups in total. The Morgan fingerprint density at radius 1 is 1.21 bits per heavy atom. The molecule has 0 saturated carbocycles. The minimum atomic E-state index is -0.418. The monoisotopic (exact) mass is 391 g/mol. The smallest absolute Gasteiger partial charge is 0.308 e. The molecule has 0 saturated heterocycles. The van der Waals surface area contributed by atoms with E-state index in [0.717, 1.165) is 11.1 Å². The van der Waals surface area contributed by atoms with Crippen molar-refractivity contribution in [3.63, 3.8) is 0 Å². The molecule has 0 fully saturated rings. The van der Waals surface area contributed by atoms with Crippen LogP contribution in [0.1, 0.15) is 28.7 Å². The van der Waals surface area contributed by atoms with Gasteiger partial charge in [0.05, 0.1) is 0 Å². The van der Waals surface area contributed by atoms with Crippen LogP contribution in [0.25, 0.3) is 11.4 Å². The van der Waals surface area contributed by atoms with E-state index in [1.165, 1.54) is 6.92 Å². The number of nitrogens with zero attached hydrogens (tertiary/aromatic N) is 3. The van der Waals surface area contributed by atoms with Crippen LogP contribution in [0.5, 0.6) is 5.75 Å². The Morgan fingerprint density at radius 2 is 1.97 bits per heavy atom. The highest BCUT2D eigenvalue weighted by Gasteiger charge is 2.19. The number of aryl methyl sites for hydroxylation is 1. The van der Waals surface area contributed by atoms with Gasteiger partial charge in [-0.2, -0.15) is 4.98 Å². The number of aromatic nitrogens is 2. The molecule has 3 rings (SSSR count). The molecule has 29 heavy (non-hydrogen) atoms. The van der Waals surface area contributed by atoms with Crippen molar-refractivity contribution in [1.82, 2.24) is 15.0 Å². The van der Waals surface area contributed by atoms with Gasteiger partial charge in [0, 0.05) is 24.6 Å². The highest BCUT2D eigenvalue weighted by atomic mass is 16.5. The van der Waals surface area contributed by atoms with Gasteiger partial charge >= 0.3 is 5.97 Å². The third kappa shape index (κ3) is 5.16. The maximum absolute atomic E-state index is 12.9. The highest BCUT2D eigenvalue weighted by molar-refractivity contribution is 5.94. The van der Waals surface area contributed by atoms with Crippen molar-refractivity contribution >= 4 is 11.9 Å². The van der Waals surface area contributed by atoms with E-state index in [4.69, 9.17) is 9.26 Å². The third-order valence-corrected chi connectivity index (χ3v) is 4.07. The quantitative estimate of drug-likeness (QED) is 0.346. The fraction of sp³-hybridized carbons (Fsp3) is 0.182. The van der Waals surface area contributed by atoms with Crippen molar-refractivity contribution < 1.29 is 18.8 Å². The molecule has 7 heteroatoms. The fourth-order valence-electron chi connectivity index (χ4n) is 2.77. The normalized spacial score (nSPS) is 10.4. The number of amides is 1. The molecule has 2 aromatic carbocycles. The van der Waals surface area contributed by atoms with Crippen molar-refractivity contribution in [2.24, 2.45) is 0 Å². The molecule has 0 aliphatic heterocycles. The van der Waals surface area contributed by atoms with E-state index in [9.17, 15) is 9.59 Å². The van der Waals surface area contributed by atoms with E-state index < -0.39 is 5.97 Å². The molecule has 1 aromatic heterocycles. The Kier molecular flexibility index (Phi) is 6.19. The second kappa shape index (κ2) is 8.97. The molecular weight excluding hydrogens is 370 g/mol. The Morgan fingerprint density at radius 3 is 2.62 bits per heavy atom. The number of rotatable bonds is 7. The molecule has 0 atom stereocenters. The molecule has 7 nitrogen and oxygen atoms in total. The van der Waals surface area contributed by atoms with Gasteiger partial charge in [-0.05, 0) is 37.3 Å². The van der Waals surface area contributed by atoms with Crippen LogP contribution < -0.4 is 4.74 Å². The number of esters is 1. The van der Waals surface area contributed by atoms with Gasteiger partial charge in [0.15, 0.2) is 0 Å². The number of carbonyl (C=O) groups is 2. The Bertz CT molecular complexity index is 1020. The predicted octanol–water partition coefficient (Wildman–Crippen LogP) is 3.80. The average molecular weight is 391 g/mol. The lowest BCUT2D eigenvalue weighted by atomic mass is 10.1. The molecule has 148 valence electrons. The van der Waals surface area contributed by atoms with Gasteiger partial charge < -0.3 is 14.2 Å². The van der Waals surface area contributed by atoms with Crippen LogP contribution in [0.4, 0.5) is 0 Å². The van der Waals surface area contributed by atoms with Crippen LogP contribution in [-0.4, -0.2) is 33.5 Å². The summed E-state index contributed by atoms with van der Waals surface area (Å²) < 4.78 is 10.3. The molecule has 0 aliphatic carbocycles. The van der Waals surface area contributed by atoms with E-state index in [-0.39, 0.29) is 12.5 Å². The first-order chi connectivity index (χ1) is 14.0. The standard InChI is InChI=1S/C22H21N3O4/c1-4-12-25(22(27)17-8-10-19(11-9-17)28-16(3)26)14-20-23-21(24-29-20)18-7-5-6-15(2)13-18/h4-11,13H,1,12,14H2,2-3H3. The van der Waals surface area contributed by atoms with Gasteiger partial charge in [-0.3, -0.25) is 9.59 Å². The van der Waals surface area contributed by atoms with E-state index >= 15 is 0 Å². The Labute approximate surface area is 168 Å². The summed E-state index contributed by atoms with van der Waals surface area (Å²) in [5.74, 6) is 0.533. The lowest BCUT2D eigenvalue weighted by Gasteiger charge is -2.19. The van der Waals surface area contributed by atoms with E-state index in [1.807, 2.05) is 31.2 Å². The van der Waals surface area contributed by atoms with Gasteiger partial charge in [0.25, 0.3) is 5.91 Å². The van der Waals surface area contributed by atoms with Gasteiger partial charge in [0.2, 0.25) is 11.7 Å². The first-order valence-electron chi connectivity index (χ1n) is 9.04. The SMILES string of the molecule is C=CCN(Cc1nc(-c2cccc(C)c2)no1)C(=O)c1ccc(OC(C)=O)cc1. The van der Waals surface area contributed by atoms with Crippen LogP contribution >= 0.6 is 0 Å². The molecule has 0 unspecified atom stereocenters. The van der Waals surface area contributed by atoms with Gasteiger partial charge in [-0.1, -0.05) is 35.0 Å². The number of hydrogen-bond donors (Lipinski definition) is 0. The maximum Gasteiger partial charge on any atom is 0.308 e. The molecule has 1 amide bonds. The van der Waals surface area contributed by atoms with Crippen LogP contribution in [-0.2, 0) is 11.3 Å². The minimum absolute atomic E-state index is 0.148. The van der Waals surface area contributed by atoms with Crippen molar-refractivity contribution in [2.45, 2.75) is 20.4 Å². The highest BCUT2D eigenvalue weighted by Crippen LogP contribution is 2.19. The topological polar surface area (TPSA) is 85.5 Å². The van der Waals surface area contributed by atoms with Crippen LogP contribution in [0.15, 0.2) is 65.7 Å². The number of ether oxygens (including phenoxy) is 1. The lowest BCUT2D eigenvalue weighted by Crippen LogP contribution is -2.30. The first-order valence-corrected chi connectivity index (χ1v) is 9.04. The predicted molar refractivity (Wildman–Crippen MR) is 107 cm³/mol. The van der Waals surface area contributed by atoms with E-state index in [1.54, 1.807) is 35.2 Å². The van der Waals surface area contributed by atoms with Crippen molar-refractivity contribution in [1.29, 1.82) is 0 Å². The van der Waals surface area contributed by atoms with Crippen LogP contribution in [0.2, 0.25) is 0 Å². The zero-order valence-corrected chi connectivity index (χ0v) is 16.3. The summed E-state index contributed by atoms with van der Waals surface area (Å²) in [5, 5.41) is 4.01. The van der Waals surface area contributed by atoms with E-state index in [2.05, 4.69) is 16.7 Å². The minimum Gasteiger partial charge on any atom is -0.427 e. The van der Waals surface area contributed by atoms with Gasteiger partial charge in [0.1, 0.15) is 12.3 Å². The number of benzene rings is 2. The van der Waals surface area contributed by atoms with Crippen molar-refractivity contribution in [3.8, 4) is 17.1 Å². The summed E-state index contributed by atoms with van der Waals surface area (Å²) >= 11 is 0. The summed E-state index contributed by atoms with van der Waals surface area (Å²) in [7, 11) is 0. The summed E-state index contributed by atoms with van der Waals surface area (Å²) in [6, 6.07) is 14.1. The molecule has 0 radical (unpaired) electrons. The van der Waals surface area contributed by atoms with Crippen molar-refractivity contribution in [2.75, 3.05) is 6.54 Å². The Balaban J connectivity index is 1.75. The molecule has 0 aliphatic rings. The van der Waals surface area contributed by atoms with Gasteiger partial charge in [-0.25, -0.2) is 0 Å². The molecule has 0 bridgehead atoms. The Hall–Kier alpha value is -3.74. The maximum atomic E-state index is 12.9. The molecule has 3 aromatic rings. The summed E-state index contributed by atoms with van der Waals surface area (Å²) in [6.07, 6.45) is 1.63. The van der Waals surface area contributed by atoms with Crippen LogP contribution in [0.3, 0.4) is 0 Å². The third-order valence-electron chi connectivity index (χ3n) is 4.07. The zero-order valence-electron chi connectivity index (χ0n) is 16.3. The second-order valence-corrected chi connectivity index (χ2v) is 6.47. The summed E-state index contributed by atoms with van der Waals surface area (Å²) in [5.41, 5.74) is 2.39. The lowest BCUT2D eigenvalue weighted by molar-refractivity contribution is -0.131. The van der Waals surface area contributed by atoms with Crippen LogP contribution in [0, 0.1) is 6.92 Å². The van der Waals surface area contributed by atoms with Gasteiger partial charge in [-0.15, -0.1) is 6.58 Å². The largest absolute Gasteiger partial charge is 0.427 e. The summed E-state index contributed by atoms with van der Waals surface area (Å²) in [6.45, 7) is 7.48. The number of hydrogen-bond acceptors (Lipinski definition) is 6. The average Bonchev–Trinajstić information content (AvgIpc) is 3.16. The summed E-state index contributed by atoms with van der Waals surface area (Å²) in [4.78, 5) is 29.8.